The summed E-state index contributed by atoms with van der Waals surface area (Å²) < 4.78 is 2.35. The maximum atomic E-state index is 5.95. The van der Waals surface area contributed by atoms with Crippen LogP contribution in [0.4, 0.5) is 0 Å². The molecule has 2 aliphatic rings. The average Bonchev–Trinajstić information content (AvgIpc) is 3.39. The van der Waals surface area contributed by atoms with Crippen LogP contribution in [0.1, 0.15) is 62.0 Å². The molecule has 5 nitrogen and oxygen atoms in total. The van der Waals surface area contributed by atoms with Crippen LogP contribution >= 0.6 is 11.8 Å². The van der Waals surface area contributed by atoms with E-state index >= 15 is 0 Å². The zero-order valence-electron chi connectivity index (χ0n) is 12.1. The number of hydrogen-bond donors (Lipinski definition) is 1. The first kappa shape index (κ1) is 13.3. The Bertz CT molecular complexity index is 658. The van der Waals surface area contributed by atoms with E-state index in [1.807, 2.05) is 19.2 Å². The van der Waals surface area contributed by atoms with Gasteiger partial charge in [-0.25, -0.2) is 4.98 Å². The van der Waals surface area contributed by atoms with Crippen LogP contribution in [-0.4, -0.2) is 19.7 Å². The van der Waals surface area contributed by atoms with Gasteiger partial charge in [-0.05, 0) is 62.1 Å². The zero-order valence-corrected chi connectivity index (χ0v) is 12.9. The first-order valence-corrected chi connectivity index (χ1v) is 8.38. The summed E-state index contributed by atoms with van der Waals surface area (Å²) >= 11 is 1.60. The molecule has 0 amide bonds. The summed E-state index contributed by atoms with van der Waals surface area (Å²) in [7, 11) is 0. The van der Waals surface area contributed by atoms with Gasteiger partial charge >= 0.3 is 0 Å². The predicted molar refractivity (Wildman–Crippen MR) is 81.2 cm³/mol. The Morgan fingerprint density at radius 2 is 2.10 bits per heavy atom. The van der Waals surface area contributed by atoms with Crippen LogP contribution in [0.15, 0.2) is 28.5 Å². The maximum Gasteiger partial charge on any atom is 0.197 e. The lowest BCUT2D eigenvalue weighted by molar-refractivity contribution is 0.626. The van der Waals surface area contributed by atoms with Gasteiger partial charge in [0.2, 0.25) is 0 Å². The highest BCUT2D eigenvalue weighted by Crippen LogP contribution is 2.46. The van der Waals surface area contributed by atoms with Crippen molar-refractivity contribution >= 4 is 11.8 Å². The molecule has 21 heavy (non-hydrogen) atoms. The van der Waals surface area contributed by atoms with Crippen LogP contribution < -0.4 is 5.73 Å². The van der Waals surface area contributed by atoms with E-state index in [2.05, 4.69) is 25.8 Å². The van der Waals surface area contributed by atoms with Crippen LogP contribution in [0.5, 0.6) is 0 Å². The van der Waals surface area contributed by atoms with Gasteiger partial charge < -0.3 is 10.3 Å². The van der Waals surface area contributed by atoms with Crippen molar-refractivity contribution in [3.05, 3.63) is 29.7 Å². The van der Waals surface area contributed by atoms with Crippen molar-refractivity contribution in [1.29, 1.82) is 0 Å². The second kappa shape index (κ2) is 5.10. The van der Waals surface area contributed by atoms with Gasteiger partial charge in [-0.3, -0.25) is 0 Å². The molecule has 0 spiro atoms. The molecule has 2 fully saturated rings. The fraction of sp³-hybridized carbons (Fsp3) is 0.533. The van der Waals surface area contributed by atoms with E-state index in [4.69, 9.17) is 5.73 Å². The first-order chi connectivity index (χ1) is 10.2. The zero-order chi connectivity index (χ0) is 14.4. The summed E-state index contributed by atoms with van der Waals surface area (Å²) in [6, 6.07) is 4.65. The minimum absolute atomic E-state index is 0.0238. The Balaban J connectivity index is 1.63. The highest BCUT2D eigenvalue weighted by atomic mass is 32.2. The maximum absolute atomic E-state index is 5.95. The molecule has 0 radical (unpaired) electrons. The lowest BCUT2D eigenvalue weighted by Gasteiger charge is -2.09. The molecule has 1 unspecified atom stereocenters. The summed E-state index contributed by atoms with van der Waals surface area (Å²) in [5, 5.41) is 10.8. The molecule has 0 saturated heterocycles. The van der Waals surface area contributed by atoms with Gasteiger partial charge in [-0.2, -0.15) is 0 Å². The Kier molecular flexibility index (Phi) is 3.23. The van der Waals surface area contributed by atoms with Crippen molar-refractivity contribution in [3.63, 3.8) is 0 Å². The molecule has 0 aliphatic heterocycles. The topological polar surface area (TPSA) is 69.6 Å². The summed E-state index contributed by atoms with van der Waals surface area (Å²) in [6.45, 7) is 1.99. The average molecular weight is 301 g/mol. The molecule has 0 aromatic carbocycles. The summed E-state index contributed by atoms with van der Waals surface area (Å²) in [5.74, 6) is 1.82. The van der Waals surface area contributed by atoms with E-state index in [1.165, 1.54) is 31.5 Å². The molecule has 2 aromatic heterocycles. The molecule has 1 atom stereocenters. The molecule has 2 heterocycles. The van der Waals surface area contributed by atoms with E-state index in [0.29, 0.717) is 12.0 Å². The van der Waals surface area contributed by atoms with Crippen molar-refractivity contribution in [2.75, 3.05) is 0 Å². The van der Waals surface area contributed by atoms with Crippen LogP contribution in [0.3, 0.4) is 0 Å². The Labute approximate surface area is 128 Å². The van der Waals surface area contributed by atoms with Gasteiger partial charge in [-0.1, -0.05) is 0 Å². The highest BCUT2D eigenvalue weighted by molar-refractivity contribution is 7.99. The SMILES string of the molecule is CC(N)c1ccnc(Sc2nnc(C3CC3)n2C2CC2)c1. The van der Waals surface area contributed by atoms with Crippen LogP contribution in [0.2, 0.25) is 0 Å². The van der Waals surface area contributed by atoms with Crippen molar-refractivity contribution in [3.8, 4) is 0 Å². The highest BCUT2D eigenvalue weighted by Gasteiger charge is 2.36. The lowest BCUT2D eigenvalue weighted by atomic mass is 10.1. The monoisotopic (exact) mass is 301 g/mol. The van der Waals surface area contributed by atoms with Crippen molar-refractivity contribution in [2.24, 2.45) is 5.73 Å². The molecule has 2 N–H and O–H groups in total. The second-order valence-corrected chi connectivity index (χ2v) is 7.02. The molecular weight excluding hydrogens is 282 g/mol. The molecule has 4 rings (SSSR count). The van der Waals surface area contributed by atoms with Gasteiger partial charge in [0.15, 0.2) is 5.16 Å². The minimum atomic E-state index is 0.0238. The van der Waals surface area contributed by atoms with Gasteiger partial charge in [0, 0.05) is 24.2 Å². The third-order valence-corrected chi connectivity index (χ3v) is 4.92. The van der Waals surface area contributed by atoms with Gasteiger partial charge in [0.05, 0.1) is 0 Å². The smallest absolute Gasteiger partial charge is 0.197 e. The minimum Gasteiger partial charge on any atom is -0.324 e. The fourth-order valence-electron chi connectivity index (χ4n) is 2.51. The third kappa shape index (κ3) is 2.70. The molecule has 2 aromatic rings. The lowest BCUT2D eigenvalue weighted by Crippen LogP contribution is -2.05. The first-order valence-electron chi connectivity index (χ1n) is 7.56. The van der Waals surface area contributed by atoms with E-state index in [1.54, 1.807) is 11.8 Å². The fourth-order valence-corrected chi connectivity index (χ4v) is 3.43. The van der Waals surface area contributed by atoms with Gasteiger partial charge in [0.25, 0.3) is 0 Å². The summed E-state index contributed by atoms with van der Waals surface area (Å²) in [5.41, 5.74) is 7.05. The Morgan fingerprint density at radius 1 is 1.29 bits per heavy atom. The molecule has 2 aliphatic carbocycles. The summed E-state index contributed by atoms with van der Waals surface area (Å²) in [6.07, 6.45) is 6.83. The standard InChI is InChI=1S/C15H19N5S/c1-9(16)11-6-7-17-13(8-11)21-15-19-18-14(10-2-3-10)20(15)12-4-5-12/h6-10,12H,2-5,16H2,1H3. The van der Waals surface area contributed by atoms with Gasteiger partial charge in [0.1, 0.15) is 10.9 Å². The Hall–Kier alpha value is -1.40. The van der Waals surface area contributed by atoms with Crippen LogP contribution in [0, 0.1) is 0 Å². The number of rotatable bonds is 5. The van der Waals surface area contributed by atoms with Crippen molar-refractivity contribution in [2.45, 2.75) is 60.8 Å². The molecule has 0 bridgehead atoms. The number of nitrogens with two attached hydrogens (primary N) is 1. The van der Waals surface area contributed by atoms with Crippen LogP contribution in [0.25, 0.3) is 0 Å². The number of hydrogen-bond acceptors (Lipinski definition) is 5. The predicted octanol–water partition coefficient (Wildman–Crippen LogP) is 3.06. The van der Waals surface area contributed by atoms with E-state index in [-0.39, 0.29) is 6.04 Å². The quantitative estimate of drug-likeness (QED) is 0.919. The van der Waals surface area contributed by atoms with Crippen LogP contribution in [-0.2, 0) is 0 Å². The van der Waals surface area contributed by atoms with E-state index in [9.17, 15) is 0 Å². The van der Waals surface area contributed by atoms with Crippen molar-refractivity contribution < 1.29 is 0 Å². The van der Waals surface area contributed by atoms with E-state index in [0.717, 1.165) is 15.7 Å². The number of nitrogens with zero attached hydrogens (tertiary/aromatic N) is 4. The number of aromatic nitrogens is 4. The molecule has 6 heteroatoms. The number of pyridine rings is 1. The Morgan fingerprint density at radius 3 is 2.76 bits per heavy atom. The largest absolute Gasteiger partial charge is 0.324 e. The van der Waals surface area contributed by atoms with E-state index < -0.39 is 0 Å². The van der Waals surface area contributed by atoms with Crippen molar-refractivity contribution in [1.82, 2.24) is 19.7 Å². The van der Waals surface area contributed by atoms with Gasteiger partial charge in [-0.15, -0.1) is 10.2 Å². The third-order valence-electron chi connectivity index (χ3n) is 4.03. The normalized spacial score (nSPS) is 19.7. The summed E-state index contributed by atoms with van der Waals surface area (Å²) in [4.78, 5) is 4.43. The molecule has 2 saturated carbocycles. The second-order valence-electron chi connectivity index (χ2n) is 6.03. The molecular formula is C15H19N5S. The molecule has 110 valence electrons.